The Morgan fingerprint density at radius 2 is 1.94 bits per heavy atom. The number of piperazine rings is 1. The Hall–Kier alpha value is -3.46. The molecule has 0 unspecified atom stereocenters. The maximum Gasteiger partial charge on any atom is 0.257 e. The summed E-state index contributed by atoms with van der Waals surface area (Å²) in [5, 5.41) is 11.8. The van der Waals surface area contributed by atoms with Gasteiger partial charge in [0.05, 0.1) is 16.9 Å². The van der Waals surface area contributed by atoms with Crippen molar-refractivity contribution in [2.45, 2.75) is 32.9 Å². The number of aromatic nitrogens is 4. The molecular formula is C23H26FN7O. The first kappa shape index (κ1) is 20.4. The van der Waals surface area contributed by atoms with Crippen LogP contribution in [-0.2, 0) is 7.05 Å². The highest BCUT2D eigenvalue weighted by molar-refractivity contribution is 6.13. The first-order valence-corrected chi connectivity index (χ1v) is 10.7. The van der Waals surface area contributed by atoms with Crippen molar-refractivity contribution in [1.82, 2.24) is 24.5 Å². The molecule has 1 aliphatic rings. The number of carbonyl (C=O) groups excluding carboxylic acids is 1. The van der Waals surface area contributed by atoms with E-state index in [1.807, 2.05) is 19.3 Å². The zero-order chi connectivity index (χ0) is 22.6. The smallest absolute Gasteiger partial charge is 0.257 e. The van der Waals surface area contributed by atoms with Gasteiger partial charge in [-0.2, -0.15) is 5.10 Å². The minimum absolute atomic E-state index is 0.233. The van der Waals surface area contributed by atoms with Gasteiger partial charge >= 0.3 is 0 Å². The number of aryl methyl sites for hydroxylation is 2. The molecule has 1 fully saturated rings. The first-order valence-electron chi connectivity index (χ1n) is 10.7. The molecule has 0 aliphatic carbocycles. The van der Waals surface area contributed by atoms with Gasteiger partial charge in [0, 0.05) is 68.0 Å². The zero-order valence-electron chi connectivity index (χ0n) is 18.6. The largest absolute Gasteiger partial charge is 0.368 e. The summed E-state index contributed by atoms with van der Waals surface area (Å²) >= 11 is 0. The quantitative estimate of drug-likeness (QED) is 0.517. The molecule has 2 N–H and O–H groups in total. The lowest BCUT2D eigenvalue weighted by molar-refractivity contribution is 0.102. The van der Waals surface area contributed by atoms with Crippen LogP contribution in [-0.4, -0.2) is 50.2 Å². The summed E-state index contributed by atoms with van der Waals surface area (Å²) in [6, 6.07) is 5.79. The summed E-state index contributed by atoms with van der Waals surface area (Å²) in [6.07, 6.45) is 5.32. The van der Waals surface area contributed by atoms with E-state index < -0.39 is 5.82 Å². The van der Waals surface area contributed by atoms with Crippen LogP contribution < -0.4 is 15.5 Å². The van der Waals surface area contributed by atoms with E-state index >= 15 is 0 Å². The lowest BCUT2D eigenvalue weighted by atomic mass is 10.1. The van der Waals surface area contributed by atoms with Crippen molar-refractivity contribution in [3.8, 4) is 0 Å². The minimum Gasteiger partial charge on any atom is -0.368 e. The third-order valence-corrected chi connectivity index (χ3v) is 5.80. The Morgan fingerprint density at radius 1 is 1.19 bits per heavy atom. The van der Waals surface area contributed by atoms with Gasteiger partial charge in [0.25, 0.3) is 5.91 Å². The molecular weight excluding hydrogens is 409 g/mol. The van der Waals surface area contributed by atoms with Gasteiger partial charge in [-0.3, -0.25) is 9.48 Å². The minimum atomic E-state index is -0.490. The number of rotatable bonds is 3. The first-order chi connectivity index (χ1) is 15.3. The summed E-state index contributed by atoms with van der Waals surface area (Å²) < 4.78 is 17.7. The van der Waals surface area contributed by atoms with Crippen LogP contribution in [0.25, 0.3) is 16.6 Å². The average molecular weight is 436 g/mol. The number of benzene rings is 1. The van der Waals surface area contributed by atoms with Crippen LogP contribution in [0.4, 0.5) is 15.8 Å². The van der Waals surface area contributed by atoms with E-state index in [4.69, 9.17) is 0 Å². The predicted octanol–water partition coefficient (Wildman–Crippen LogP) is 3.11. The van der Waals surface area contributed by atoms with E-state index in [0.717, 1.165) is 24.2 Å². The number of amides is 1. The number of fused-ring (bicyclic) bond motifs is 2. The number of anilines is 2. The molecule has 1 aromatic carbocycles. The molecule has 3 aromatic heterocycles. The summed E-state index contributed by atoms with van der Waals surface area (Å²) in [7, 11) is 1.85. The predicted molar refractivity (Wildman–Crippen MR) is 123 cm³/mol. The Labute approximate surface area is 185 Å². The normalized spacial score (nSPS) is 19.1. The summed E-state index contributed by atoms with van der Waals surface area (Å²) in [6.45, 7) is 7.89. The molecule has 4 aromatic rings. The van der Waals surface area contributed by atoms with Gasteiger partial charge in [-0.25, -0.2) is 9.37 Å². The van der Waals surface area contributed by atoms with Gasteiger partial charge in [0.15, 0.2) is 11.5 Å². The lowest BCUT2D eigenvalue weighted by Gasteiger charge is -2.38. The number of nitrogens with one attached hydrogen (secondary N) is 2. The van der Waals surface area contributed by atoms with Crippen molar-refractivity contribution >= 4 is 33.8 Å². The van der Waals surface area contributed by atoms with Gasteiger partial charge < -0.3 is 19.9 Å². The fraction of sp³-hybridized carbons (Fsp3) is 0.348. The van der Waals surface area contributed by atoms with Crippen molar-refractivity contribution in [3.63, 3.8) is 0 Å². The van der Waals surface area contributed by atoms with Crippen LogP contribution in [0.2, 0.25) is 0 Å². The topological polar surface area (TPSA) is 79.5 Å². The average Bonchev–Trinajstić information content (AvgIpc) is 3.28. The molecule has 5 rings (SSSR count). The standard InChI is InChI=1S/C23H26FN7O/c1-13-8-30(9-14(2)25-13)20-6-5-17(21-18(20)12-29(4)28-21)23(32)27-16-7-19(24)22-26-15(3)10-31(22)11-16/h5-7,10-14,25H,8-9H2,1-4H3,(H,27,32)/t13-,14-/m1/s1. The molecule has 166 valence electrons. The molecule has 1 amide bonds. The molecule has 9 heteroatoms. The fourth-order valence-corrected chi connectivity index (χ4v) is 4.63. The van der Waals surface area contributed by atoms with Gasteiger partial charge in [-0.15, -0.1) is 0 Å². The molecule has 0 bridgehead atoms. The van der Waals surface area contributed by atoms with Crippen molar-refractivity contribution in [3.05, 3.63) is 53.9 Å². The van der Waals surface area contributed by atoms with E-state index in [0.29, 0.717) is 34.5 Å². The van der Waals surface area contributed by atoms with Gasteiger partial charge in [-0.05, 0) is 32.9 Å². The van der Waals surface area contributed by atoms with Crippen molar-refractivity contribution in [2.24, 2.45) is 7.05 Å². The maximum atomic E-state index is 14.4. The highest BCUT2D eigenvalue weighted by Crippen LogP contribution is 2.30. The molecule has 1 aliphatic heterocycles. The maximum absolute atomic E-state index is 14.4. The third kappa shape index (κ3) is 3.58. The van der Waals surface area contributed by atoms with Crippen LogP contribution in [0.3, 0.4) is 0 Å². The van der Waals surface area contributed by atoms with E-state index in [9.17, 15) is 9.18 Å². The van der Waals surface area contributed by atoms with Crippen LogP contribution in [0, 0.1) is 12.7 Å². The molecule has 1 saturated heterocycles. The lowest BCUT2D eigenvalue weighted by Crippen LogP contribution is -2.54. The second-order valence-corrected chi connectivity index (χ2v) is 8.72. The van der Waals surface area contributed by atoms with Gasteiger partial charge in [0.1, 0.15) is 5.52 Å². The van der Waals surface area contributed by atoms with Crippen molar-refractivity contribution in [2.75, 3.05) is 23.3 Å². The molecule has 0 saturated carbocycles. The third-order valence-electron chi connectivity index (χ3n) is 5.80. The Balaban J connectivity index is 1.50. The number of pyridine rings is 1. The molecule has 32 heavy (non-hydrogen) atoms. The van der Waals surface area contributed by atoms with Crippen molar-refractivity contribution in [1.29, 1.82) is 0 Å². The summed E-state index contributed by atoms with van der Waals surface area (Å²) in [5.41, 5.74) is 3.43. The number of hydrogen-bond acceptors (Lipinski definition) is 5. The van der Waals surface area contributed by atoms with E-state index in [2.05, 4.69) is 39.5 Å². The second kappa shape index (κ2) is 7.59. The highest BCUT2D eigenvalue weighted by Gasteiger charge is 2.25. The number of hydrogen-bond donors (Lipinski definition) is 2. The molecule has 2 atom stereocenters. The number of nitrogens with zero attached hydrogens (tertiary/aromatic N) is 5. The van der Waals surface area contributed by atoms with Crippen LogP contribution >= 0.6 is 0 Å². The van der Waals surface area contributed by atoms with Crippen LogP contribution in [0.15, 0.2) is 36.8 Å². The fourth-order valence-electron chi connectivity index (χ4n) is 4.63. The number of carbonyl (C=O) groups is 1. The molecule has 0 spiro atoms. The number of halogens is 1. The Bertz CT molecular complexity index is 1330. The SMILES string of the molecule is Cc1cn2cc(NC(=O)c3ccc(N4C[C@@H](C)N[C@H](C)C4)c4cn(C)nc34)cc(F)c2n1. The second-order valence-electron chi connectivity index (χ2n) is 8.72. The Kier molecular flexibility index (Phi) is 4.85. The van der Waals surface area contributed by atoms with Gasteiger partial charge in [0.2, 0.25) is 0 Å². The Morgan fingerprint density at radius 3 is 2.69 bits per heavy atom. The van der Waals surface area contributed by atoms with Gasteiger partial charge in [-0.1, -0.05) is 0 Å². The monoisotopic (exact) mass is 435 g/mol. The molecule has 0 radical (unpaired) electrons. The number of imidazole rings is 1. The van der Waals surface area contributed by atoms with E-state index in [1.165, 1.54) is 6.07 Å². The van der Waals surface area contributed by atoms with Crippen LogP contribution in [0.1, 0.15) is 29.9 Å². The van der Waals surface area contributed by atoms with E-state index in [1.54, 1.807) is 34.5 Å². The zero-order valence-corrected chi connectivity index (χ0v) is 18.6. The molecule has 4 heterocycles. The molecule has 8 nitrogen and oxygen atoms in total. The van der Waals surface area contributed by atoms with Crippen molar-refractivity contribution < 1.29 is 9.18 Å². The summed E-state index contributed by atoms with van der Waals surface area (Å²) in [4.78, 5) is 19.6. The van der Waals surface area contributed by atoms with E-state index in [-0.39, 0.29) is 11.6 Å². The highest BCUT2D eigenvalue weighted by atomic mass is 19.1. The summed E-state index contributed by atoms with van der Waals surface area (Å²) in [5.74, 6) is -0.825. The van der Waals surface area contributed by atoms with Crippen LogP contribution in [0.5, 0.6) is 0 Å².